The summed E-state index contributed by atoms with van der Waals surface area (Å²) in [5.41, 5.74) is 9.92. The summed E-state index contributed by atoms with van der Waals surface area (Å²) in [6.07, 6.45) is 3.73. The summed E-state index contributed by atoms with van der Waals surface area (Å²) in [6.45, 7) is 6.66. The van der Waals surface area contributed by atoms with E-state index >= 15 is 0 Å². The second-order valence-electron chi connectivity index (χ2n) is 13.7. The van der Waals surface area contributed by atoms with Gasteiger partial charge in [0.1, 0.15) is 0 Å². The quantitative estimate of drug-likeness (QED) is 0.163. The Labute approximate surface area is 299 Å². The van der Waals surface area contributed by atoms with Gasteiger partial charge in [-0.05, 0) is 73.5 Å². The third-order valence-electron chi connectivity index (χ3n) is 9.93. The van der Waals surface area contributed by atoms with Crippen LogP contribution >= 0.6 is 11.3 Å². The number of thiophene rings is 1. The Morgan fingerprint density at radius 3 is 2.22 bits per heavy atom. The van der Waals surface area contributed by atoms with E-state index in [2.05, 4.69) is 133 Å². The van der Waals surface area contributed by atoms with E-state index in [1.807, 2.05) is 23.7 Å². The molecule has 0 atom stereocenters. The smallest absolute Gasteiger partial charge is 0.437 e. The Morgan fingerprint density at radius 1 is 0.694 bits per heavy atom. The maximum Gasteiger partial charge on any atom is 2.00 e. The van der Waals surface area contributed by atoms with E-state index in [4.69, 9.17) is 14.4 Å². The van der Waals surface area contributed by atoms with Crippen molar-refractivity contribution in [2.75, 3.05) is 0 Å². The van der Waals surface area contributed by atoms with Crippen LogP contribution < -0.4 is 0 Å². The molecule has 0 aliphatic carbocycles. The largest absolute Gasteiger partial charge is 2.00 e. The molecule has 0 aliphatic heterocycles. The van der Waals surface area contributed by atoms with Gasteiger partial charge in [0.25, 0.3) is 0 Å². The van der Waals surface area contributed by atoms with Crippen LogP contribution in [0, 0.1) is 12.1 Å². The van der Waals surface area contributed by atoms with Crippen molar-refractivity contribution in [3.63, 3.8) is 0 Å². The van der Waals surface area contributed by atoms with Crippen LogP contribution in [-0.2, 0) is 26.5 Å². The number of hydrogen-bond acceptors (Lipinski definition) is 4. The van der Waals surface area contributed by atoms with Crippen molar-refractivity contribution >= 4 is 86.4 Å². The van der Waals surface area contributed by atoms with Crippen molar-refractivity contribution in [1.82, 2.24) is 18.8 Å². The average Bonchev–Trinajstić information content (AvgIpc) is 3.90. The summed E-state index contributed by atoms with van der Waals surface area (Å²) in [7, 11) is 0. The van der Waals surface area contributed by atoms with E-state index in [0.29, 0.717) is 0 Å². The van der Waals surface area contributed by atoms with Crippen molar-refractivity contribution in [3.8, 4) is 22.6 Å². The Morgan fingerprint density at radius 2 is 1.43 bits per heavy atom. The van der Waals surface area contributed by atoms with Crippen molar-refractivity contribution < 1.29 is 25.5 Å². The molecule has 7 heteroatoms. The van der Waals surface area contributed by atoms with Gasteiger partial charge in [0.2, 0.25) is 5.71 Å². The molecule has 0 unspecified atom stereocenters. The summed E-state index contributed by atoms with van der Waals surface area (Å²) in [6, 6.07) is 40.2. The van der Waals surface area contributed by atoms with Gasteiger partial charge >= 0.3 is 21.1 Å². The van der Waals surface area contributed by atoms with Crippen LogP contribution in [0.3, 0.4) is 0 Å². The molecule has 0 N–H and O–H groups in total. The van der Waals surface area contributed by atoms with Gasteiger partial charge < -0.3 is 18.2 Å². The van der Waals surface area contributed by atoms with Crippen molar-refractivity contribution in [2.45, 2.75) is 26.2 Å². The number of imidazole rings is 1. The van der Waals surface area contributed by atoms with E-state index < -0.39 is 0 Å². The molecule has 0 amide bonds. The Balaban J connectivity index is 0.00000306. The molecule has 0 aliphatic rings. The van der Waals surface area contributed by atoms with Crippen LogP contribution in [0.1, 0.15) is 26.3 Å². The molecule has 6 aromatic heterocycles. The molecule has 5 aromatic carbocycles. The molecule has 0 saturated carbocycles. The van der Waals surface area contributed by atoms with E-state index in [0.717, 1.165) is 55.9 Å². The first-order chi connectivity index (χ1) is 23.4. The second kappa shape index (κ2) is 10.0. The standard InChI is InChI=1S/C42H26N4OS.Pt/c1-42(2,3)25-13-16-31-34(21-25)47-37-22-44-41(46(31)37)24-12-15-27-29-9-6-8-28-26-14-11-23(19-32(26)45(40(28)29)33(27)20-24)39-38-30-7-4-5-10-35(30)48-36(38)17-18-43-39;/h4-18,21-22H,1-3H3;/q-2;+2. The second-order valence-corrected chi connectivity index (χ2v) is 14.8. The third-order valence-corrected chi connectivity index (χ3v) is 11.1. The number of nitrogens with zero attached hydrogens (tertiary/aromatic N) is 4. The first-order valence-electron chi connectivity index (χ1n) is 16.2. The fourth-order valence-electron chi connectivity index (χ4n) is 7.64. The molecule has 5 nitrogen and oxygen atoms in total. The molecule has 49 heavy (non-hydrogen) atoms. The SMILES string of the molecule is CC(C)(C)c1ccc2c(c1)oc1cnc(-c3[c-]c4c(cc3)c3cccc5c6ccc(-c7nccc8sc9ccccc9c78)[c-]c6n4c53)n12.[Pt+2]. The minimum atomic E-state index is 0. The summed E-state index contributed by atoms with van der Waals surface area (Å²) < 4.78 is 13.2. The number of para-hydroxylation sites is 1. The van der Waals surface area contributed by atoms with Crippen LogP contribution in [0.2, 0.25) is 0 Å². The molecule has 0 saturated heterocycles. The molecule has 0 spiro atoms. The maximum atomic E-state index is 6.30. The number of aromatic nitrogens is 4. The van der Waals surface area contributed by atoms with E-state index in [1.54, 1.807) is 0 Å². The average molecular weight is 830 g/mol. The fraction of sp³-hybridized carbons (Fsp3) is 0.0952. The van der Waals surface area contributed by atoms with Gasteiger partial charge in [-0.2, -0.15) is 0 Å². The van der Waals surface area contributed by atoms with E-state index in [1.165, 1.54) is 47.4 Å². The molecule has 0 radical (unpaired) electrons. The minimum absolute atomic E-state index is 0. The first-order valence-corrected chi connectivity index (χ1v) is 17.0. The summed E-state index contributed by atoms with van der Waals surface area (Å²) >= 11 is 1.81. The van der Waals surface area contributed by atoms with Crippen molar-refractivity contribution in [2.24, 2.45) is 0 Å². The summed E-state index contributed by atoms with van der Waals surface area (Å²) in [5, 5.41) is 7.16. The molecule has 0 bridgehead atoms. The molecule has 0 fully saturated rings. The van der Waals surface area contributed by atoms with Crippen molar-refractivity contribution in [1.29, 1.82) is 0 Å². The zero-order valence-electron chi connectivity index (χ0n) is 26.7. The van der Waals surface area contributed by atoms with Crippen LogP contribution in [0.5, 0.6) is 0 Å². The summed E-state index contributed by atoms with van der Waals surface area (Å²) in [4.78, 5) is 9.76. The Hall–Kier alpha value is -5.03. The van der Waals surface area contributed by atoms with Gasteiger partial charge in [0.15, 0.2) is 5.58 Å². The number of fused-ring (bicyclic) bond motifs is 12. The molecular formula is C42H26N4OPtS. The molecular weight excluding hydrogens is 804 g/mol. The van der Waals surface area contributed by atoms with Gasteiger partial charge in [-0.3, -0.25) is 4.98 Å². The number of pyridine rings is 1. The molecule has 236 valence electrons. The first kappa shape index (κ1) is 28.9. The predicted octanol–water partition coefficient (Wildman–Crippen LogP) is 11.2. The summed E-state index contributed by atoms with van der Waals surface area (Å²) in [5.74, 6) is 0.809. The number of benzene rings is 5. The minimum Gasteiger partial charge on any atom is -0.437 e. The van der Waals surface area contributed by atoms with Crippen LogP contribution in [0.15, 0.2) is 108 Å². The van der Waals surface area contributed by atoms with Crippen LogP contribution in [-0.4, -0.2) is 18.8 Å². The van der Waals surface area contributed by atoms with Gasteiger partial charge in [-0.15, -0.1) is 58.9 Å². The third kappa shape index (κ3) is 3.90. The number of oxazole rings is 1. The zero-order chi connectivity index (χ0) is 31.9. The predicted molar refractivity (Wildman–Crippen MR) is 198 cm³/mol. The number of hydrogen-bond donors (Lipinski definition) is 0. The molecule has 11 rings (SSSR count). The van der Waals surface area contributed by atoms with Crippen molar-refractivity contribution in [3.05, 3.63) is 121 Å². The van der Waals surface area contributed by atoms with Gasteiger partial charge in [-0.25, -0.2) is 0 Å². The Bertz CT molecular complexity index is 3120. The molecule has 6 heterocycles. The topological polar surface area (TPSA) is 47.7 Å². The van der Waals surface area contributed by atoms with Gasteiger partial charge in [0.05, 0.1) is 17.5 Å². The normalized spacial score (nSPS) is 12.6. The maximum absolute atomic E-state index is 6.30. The van der Waals surface area contributed by atoms with E-state index in [-0.39, 0.29) is 26.5 Å². The van der Waals surface area contributed by atoms with Gasteiger partial charge in [-0.1, -0.05) is 74.0 Å². The molecule has 11 aromatic rings. The zero-order valence-corrected chi connectivity index (χ0v) is 29.8. The fourth-order valence-corrected chi connectivity index (χ4v) is 8.74. The Kier molecular flexibility index (Phi) is 5.91. The number of rotatable bonds is 2. The van der Waals surface area contributed by atoms with Crippen LogP contribution in [0.4, 0.5) is 0 Å². The van der Waals surface area contributed by atoms with E-state index in [9.17, 15) is 0 Å². The monoisotopic (exact) mass is 829 g/mol. The van der Waals surface area contributed by atoms with Crippen LogP contribution in [0.25, 0.3) is 97.7 Å². The van der Waals surface area contributed by atoms with Gasteiger partial charge in [0, 0.05) is 21.1 Å².